The smallest absolute Gasteiger partial charge is 0.0792 e. The van der Waals surface area contributed by atoms with Crippen LogP contribution in [0.3, 0.4) is 0 Å². The van der Waals surface area contributed by atoms with Gasteiger partial charge in [0.25, 0.3) is 0 Å². The Bertz CT molecular complexity index is 501. The molecule has 1 N–H and O–H groups in total. The maximum atomic E-state index is 3.72. The van der Waals surface area contributed by atoms with Gasteiger partial charge in [-0.1, -0.05) is 48.5 Å². The second kappa shape index (κ2) is 6.51. The number of nitrogens with one attached hydrogen (secondary N) is 1. The van der Waals surface area contributed by atoms with E-state index >= 15 is 0 Å². The van der Waals surface area contributed by atoms with E-state index in [4.69, 9.17) is 0 Å². The van der Waals surface area contributed by atoms with Crippen LogP contribution in [0.2, 0.25) is 0 Å². The van der Waals surface area contributed by atoms with E-state index < -0.39 is 0 Å². The molecule has 1 aliphatic rings. The van der Waals surface area contributed by atoms with Gasteiger partial charge in [-0.15, -0.1) is 23.5 Å². The first-order chi connectivity index (χ1) is 9.42. The Morgan fingerprint density at radius 2 is 1.68 bits per heavy atom. The van der Waals surface area contributed by atoms with E-state index in [0.29, 0.717) is 11.4 Å². The van der Waals surface area contributed by atoms with Gasteiger partial charge in [0.1, 0.15) is 0 Å². The van der Waals surface area contributed by atoms with Crippen LogP contribution in [0, 0.1) is 0 Å². The maximum absolute atomic E-state index is 3.72. The summed E-state index contributed by atoms with van der Waals surface area (Å²) < 4.78 is 0. The average Bonchev–Trinajstić information content (AvgIpc) is 2.96. The summed E-state index contributed by atoms with van der Waals surface area (Å²) in [6.07, 6.45) is 0. The molecule has 0 aromatic heterocycles. The van der Waals surface area contributed by atoms with Crippen LogP contribution in [0.5, 0.6) is 0 Å². The zero-order chi connectivity index (χ0) is 12.9. The molecule has 1 heterocycles. The Morgan fingerprint density at radius 3 is 2.42 bits per heavy atom. The summed E-state index contributed by atoms with van der Waals surface area (Å²) in [5, 5.41) is 4.18. The third kappa shape index (κ3) is 3.56. The van der Waals surface area contributed by atoms with Crippen LogP contribution < -0.4 is 5.32 Å². The predicted molar refractivity (Wildman–Crippen MR) is 85.7 cm³/mol. The van der Waals surface area contributed by atoms with Crippen molar-refractivity contribution in [2.45, 2.75) is 16.3 Å². The van der Waals surface area contributed by atoms with Crippen LogP contribution in [0.25, 0.3) is 0 Å². The Hall–Kier alpha value is -0.900. The lowest BCUT2D eigenvalue weighted by atomic mass is 10.2. The van der Waals surface area contributed by atoms with E-state index in [1.54, 1.807) is 0 Å². The van der Waals surface area contributed by atoms with Gasteiger partial charge in [-0.2, -0.15) is 0 Å². The van der Waals surface area contributed by atoms with Gasteiger partial charge in [0, 0.05) is 22.4 Å². The molecule has 0 saturated carbocycles. The second-order valence-corrected chi connectivity index (χ2v) is 6.84. The lowest BCUT2D eigenvalue weighted by molar-refractivity contribution is 0.625. The minimum absolute atomic E-state index is 0.461. The third-order valence-electron chi connectivity index (χ3n) is 3.15. The van der Waals surface area contributed by atoms with Crippen LogP contribution >= 0.6 is 23.5 Å². The largest absolute Gasteiger partial charge is 0.297 e. The molecule has 98 valence electrons. The van der Waals surface area contributed by atoms with E-state index in [1.165, 1.54) is 16.2 Å². The quantitative estimate of drug-likeness (QED) is 0.847. The lowest BCUT2D eigenvalue weighted by Gasteiger charge is -2.13. The lowest BCUT2D eigenvalue weighted by Crippen LogP contribution is -2.27. The van der Waals surface area contributed by atoms with E-state index in [1.807, 2.05) is 23.5 Å². The number of rotatable bonds is 4. The summed E-state index contributed by atoms with van der Waals surface area (Å²) in [6, 6.07) is 22.0. The standard InChI is InChI=1S/C16H17NS2/c1-3-7-13(8-4-1)16-17-14(12-19-16)11-18-15-9-5-2-6-10-15/h1-10,14,16-17H,11-12H2. The molecule has 19 heavy (non-hydrogen) atoms. The highest BCUT2D eigenvalue weighted by molar-refractivity contribution is 8.00. The van der Waals surface area contributed by atoms with Crippen molar-refractivity contribution in [3.63, 3.8) is 0 Å². The molecule has 2 aromatic carbocycles. The third-order valence-corrected chi connectivity index (χ3v) is 5.66. The topological polar surface area (TPSA) is 12.0 Å². The Balaban J connectivity index is 1.52. The molecule has 1 fully saturated rings. The van der Waals surface area contributed by atoms with E-state index in [2.05, 4.69) is 66.0 Å². The first-order valence-corrected chi connectivity index (χ1v) is 8.56. The number of benzene rings is 2. The van der Waals surface area contributed by atoms with E-state index in [9.17, 15) is 0 Å². The van der Waals surface area contributed by atoms with Gasteiger partial charge in [-0.25, -0.2) is 0 Å². The average molecular weight is 287 g/mol. The Morgan fingerprint density at radius 1 is 1.00 bits per heavy atom. The summed E-state index contributed by atoms with van der Waals surface area (Å²) >= 11 is 3.95. The highest BCUT2D eigenvalue weighted by Crippen LogP contribution is 2.34. The Kier molecular flexibility index (Phi) is 4.49. The molecule has 0 aliphatic carbocycles. The van der Waals surface area contributed by atoms with Crippen molar-refractivity contribution in [3.8, 4) is 0 Å². The molecule has 0 bridgehead atoms. The predicted octanol–water partition coefficient (Wildman–Crippen LogP) is 4.18. The van der Waals surface area contributed by atoms with Gasteiger partial charge in [0.2, 0.25) is 0 Å². The fourth-order valence-electron chi connectivity index (χ4n) is 2.15. The molecule has 1 nitrogen and oxygen atoms in total. The summed E-state index contributed by atoms with van der Waals surface area (Å²) in [4.78, 5) is 1.36. The molecule has 0 spiro atoms. The van der Waals surface area contributed by atoms with Crippen LogP contribution in [0.4, 0.5) is 0 Å². The number of thioether (sulfide) groups is 2. The minimum atomic E-state index is 0.461. The zero-order valence-corrected chi connectivity index (χ0v) is 12.3. The van der Waals surface area contributed by atoms with Crippen LogP contribution in [0.15, 0.2) is 65.6 Å². The maximum Gasteiger partial charge on any atom is 0.0792 e. The highest BCUT2D eigenvalue weighted by atomic mass is 32.2. The highest BCUT2D eigenvalue weighted by Gasteiger charge is 2.25. The number of hydrogen-bond acceptors (Lipinski definition) is 3. The molecule has 2 aromatic rings. The van der Waals surface area contributed by atoms with E-state index in [-0.39, 0.29) is 0 Å². The molecular formula is C16H17NS2. The Labute approximate surface area is 123 Å². The first kappa shape index (κ1) is 13.1. The molecule has 2 atom stereocenters. The summed E-state index contributed by atoms with van der Waals surface area (Å²) in [5.74, 6) is 2.33. The van der Waals surface area contributed by atoms with Gasteiger partial charge in [-0.05, 0) is 17.7 Å². The second-order valence-electron chi connectivity index (χ2n) is 4.61. The molecule has 3 heteroatoms. The first-order valence-electron chi connectivity index (χ1n) is 6.52. The SMILES string of the molecule is c1ccc(SCC2CSC(c3ccccc3)N2)cc1. The van der Waals surface area contributed by atoms with Crippen molar-refractivity contribution < 1.29 is 0 Å². The normalized spacial score (nSPS) is 22.5. The molecule has 2 unspecified atom stereocenters. The van der Waals surface area contributed by atoms with Crippen molar-refractivity contribution in [3.05, 3.63) is 66.2 Å². The molecular weight excluding hydrogens is 270 g/mol. The monoisotopic (exact) mass is 287 g/mol. The van der Waals surface area contributed by atoms with Crippen molar-refractivity contribution >= 4 is 23.5 Å². The summed E-state index contributed by atoms with van der Waals surface area (Å²) in [5.41, 5.74) is 1.39. The summed E-state index contributed by atoms with van der Waals surface area (Å²) in [6.45, 7) is 0. The van der Waals surface area contributed by atoms with E-state index in [0.717, 1.165) is 5.75 Å². The number of hydrogen-bond donors (Lipinski definition) is 1. The molecule has 1 aliphatic heterocycles. The molecule has 1 saturated heterocycles. The van der Waals surface area contributed by atoms with Crippen molar-refractivity contribution in [2.75, 3.05) is 11.5 Å². The van der Waals surface area contributed by atoms with Gasteiger partial charge in [0.15, 0.2) is 0 Å². The van der Waals surface area contributed by atoms with Crippen LogP contribution in [0.1, 0.15) is 10.9 Å². The van der Waals surface area contributed by atoms with Crippen LogP contribution in [-0.2, 0) is 0 Å². The molecule has 0 amide bonds. The van der Waals surface area contributed by atoms with Gasteiger partial charge in [-0.3, -0.25) is 5.32 Å². The summed E-state index contributed by atoms with van der Waals surface area (Å²) in [7, 11) is 0. The minimum Gasteiger partial charge on any atom is -0.297 e. The van der Waals surface area contributed by atoms with Gasteiger partial charge < -0.3 is 0 Å². The zero-order valence-electron chi connectivity index (χ0n) is 10.7. The fraction of sp³-hybridized carbons (Fsp3) is 0.250. The van der Waals surface area contributed by atoms with Gasteiger partial charge >= 0.3 is 0 Å². The van der Waals surface area contributed by atoms with Crippen molar-refractivity contribution in [2.24, 2.45) is 0 Å². The van der Waals surface area contributed by atoms with Crippen LogP contribution in [-0.4, -0.2) is 17.5 Å². The molecule has 3 rings (SSSR count). The van der Waals surface area contributed by atoms with Gasteiger partial charge in [0.05, 0.1) is 5.37 Å². The fourth-order valence-corrected chi connectivity index (χ4v) is 4.54. The van der Waals surface area contributed by atoms with Crippen molar-refractivity contribution in [1.29, 1.82) is 0 Å². The van der Waals surface area contributed by atoms with Crippen molar-refractivity contribution in [1.82, 2.24) is 5.32 Å². The molecule has 0 radical (unpaired) electrons.